The second-order valence-electron chi connectivity index (χ2n) is 7.02. The van der Waals surface area contributed by atoms with E-state index in [1.807, 2.05) is 30.1 Å². The Kier molecular flexibility index (Phi) is 5.37. The molecule has 1 heterocycles. The van der Waals surface area contributed by atoms with E-state index in [2.05, 4.69) is 11.9 Å². The fraction of sp³-hybridized carbons (Fsp3) is 0.526. The highest BCUT2D eigenvalue weighted by Gasteiger charge is 2.27. The van der Waals surface area contributed by atoms with Gasteiger partial charge in [0.05, 0.1) is 10.9 Å². The number of aromatic nitrogens is 2. The van der Waals surface area contributed by atoms with Crippen LogP contribution in [0.25, 0.3) is 10.9 Å². The zero-order valence-electron chi connectivity index (χ0n) is 14.8. The van der Waals surface area contributed by atoms with Crippen molar-refractivity contribution in [1.82, 2.24) is 14.5 Å². The van der Waals surface area contributed by atoms with E-state index in [0.29, 0.717) is 28.7 Å². The number of hydrogen-bond donors (Lipinski definition) is 1. The molecule has 0 bridgehead atoms. The van der Waals surface area contributed by atoms with E-state index in [1.54, 1.807) is 6.07 Å². The molecule has 3 rings (SSSR count). The Morgan fingerprint density at radius 2 is 2.04 bits per heavy atom. The van der Waals surface area contributed by atoms with Crippen LogP contribution in [0.2, 0.25) is 0 Å². The number of carbonyl (C=O) groups is 1. The van der Waals surface area contributed by atoms with Crippen molar-refractivity contribution in [3.05, 3.63) is 39.4 Å². The van der Waals surface area contributed by atoms with Crippen molar-refractivity contribution in [2.45, 2.75) is 51.6 Å². The van der Waals surface area contributed by atoms with Crippen molar-refractivity contribution in [2.75, 3.05) is 7.05 Å². The molecule has 0 aliphatic heterocycles. The number of hydrogen-bond acceptors (Lipinski definition) is 3. The van der Waals surface area contributed by atoms with Crippen molar-refractivity contribution in [3.8, 4) is 0 Å². The molecule has 0 saturated heterocycles. The van der Waals surface area contributed by atoms with Gasteiger partial charge in [-0.3, -0.25) is 14.2 Å². The highest BCUT2D eigenvalue weighted by Crippen LogP contribution is 2.27. The smallest absolute Gasteiger partial charge is 0.262 e. The van der Waals surface area contributed by atoms with Crippen molar-refractivity contribution >= 4 is 29.0 Å². The number of nitrogens with one attached hydrogen (secondary N) is 1. The molecule has 5 nitrogen and oxygen atoms in total. The largest absolute Gasteiger partial charge is 0.342 e. The molecule has 1 fully saturated rings. The highest BCUT2D eigenvalue weighted by atomic mass is 32.1. The van der Waals surface area contributed by atoms with Crippen LogP contribution in [-0.2, 0) is 11.3 Å². The van der Waals surface area contributed by atoms with E-state index in [9.17, 15) is 9.59 Å². The number of fused-ring (bicyclic) bond motifs is 1. The predicted molar refractivity (Wildman–Crippen MR) is 102 cm³/mol. The molecular weight excluding hydrogens is 334 g/mol. The van der Waals surface area contributed by atoms with E-state index >= 15 is 0 Å². The fourth-order valence-corrected chi connectivity index (χ4v) is 4.13. The van der Waals surface area contributed by atoms with E-state index in [-0.39, 0.29) is 17.9 Å². The van der Waals surface area contributed by atoms with Crippen LogP contribution in [0, 0.1) is 10.7 Å². The van der Waals surface area contributed by atoms with E-state index in [0.717, 1.165) is 11.9 Å². The van der Waals surface area contributed by atoms with Crippen LogP contribution in [0.1, 0.15) is 39.0 Å². The summed E-state index contributed by atoms with van der Waals surface area (Å²) >= 11 is 5.31. The monoisotopic (exact) mass is 359 g/mol. The van der Waals surface area contributed by atoms with Gasteiger partial charge in [-0.2, -0.15) is 0 Å². The van der Waals surface area contributed by atoms with Gasteiger partial charge in [0, 0.05) is 26.1 Å². The molecule has 0 radical (unpaired) electrons. The summed E-state index contributed by atoms with van der Waals surface area (Å²) in [4.78, 5) is 30.2. The van der Waals surface area contributed by atoms with Gasteiger partial charge < -0.3 is 9.88 Å². The molecule has 1 aliphatic rings. The van der Waals surface area contributed by atoms with Crippen LogP contribution < -0.4 is 5.56 Å². The number of para-hydroxylation sites is 1. The molecule has 6 heteroatoms. The predicted octanol–water partition coefficient (Wildman–Crippen LogP) is 3.49. The van der Waals surface area contributed by atoms with Gasteiger partial charge in [-0.25, -0.2) is 0 Å². The summed E-state index contributed by atoms with van der Waals surface area (Å²) < 4.78 is 1.86. The Morgan fingerprint density at radius 1 is 1.32 bits per heavy atom. The van der Waals surface area contributed by atoms with Gasteiger partial charge in [0.25, 0.3) is 5.56 Å². The third-order valence-electron chi connectivity index (χ3n) is 5.40. The summed E-state index contributed by atoms with van der Waals surface area (Å²) in [5.41, 5.74) is 0.592. The fourth-order valence-electron chi connectivity index (χ4n) is 3.84. The Labute approximate surface area is 152 Å². The van der Waals surface area contributed by atoms with E-state index < -0.39 is 0 Å². The lowest BCUT2D eigenvalue weighted by atomic mass is 9.85. The molecule has 1 amide bonds. The Morgan fingerprint density at radius 3 is 2.80 bits per heavy atom. The Balaban J connectivity index is 1.75. The molecule has 1 N–H and O–H groups in total. The average Bonchev–Trinajstić information content (AvgIpc) is 2.61. The number of carbonyl (C=O) groups excluding carboxylic acids is 1. The molecule has 0 spiro atoms. The van der Waals surface area contributed by atoms with Gasteiger partial charge in [0.15, 0.2) is 4.77 Å². The maximum Gasteiger partial charge on any atom is 0.262 e. The topological polar surface area (TPSA) is 58.1 Å². The Hall–Kier alpha value is -1.95. The lowest BCUT2D eigenvalue weighted by Gasteiger charge is -2.36. The number of aromatic amines is 1. The van der Waals surface area contributed by atoms with E-state index in [1.165, 1.54) is 23.8 Å². The summed E-state index contributed by atoms with van der Waals surface area (Å²) in [6.45, 7) is 2.53. The summed E-state index contributed by atoms with van der Waals surface area (Å²) in [5.74, 6) is 0.613. The number of rotatable bonds is 4. The van der Waals surface area contributed by atoms with Crippen LogP contribution in [-0.4, -0.2) is 33.4 Å². The maximum atomic E-state index is 12.6. The lowest BCUT2D eigenvalue weighted by molar-refractivity contribution is -0.133. The average molecular weight is 359 g/mol. The molecule has 25 heavy (non-hydrogen) atoms. The van der Waals surface area contributed by atoms with Gasteiger partial charge in [-0.15, -0.1) is 0 Å². The molecule has 2 atom stereocenters. The first-order valence-corrected chi connectivity index (χ1v) is 9.37. The third-order valence-corrected chi connectivity index (χ3v) is 5.72. The van der Waals surface area contributed by atoms with Crippen molar-refractivity contribution in [1.29, 1.82) is 0 Å². The van der Waals surface area contributed by atoms with Gasteiger partial charge >= 0.3 is 0 Å². The summed E-state index contributed by atoms with van der Waals surface area (Å²) in [6.07, 6.45) is 4.97. The van der Waals surface area contributed by atoms with Crippen LogP contribution in [0.4, 0.5) is 0 Å². The van der Waals surface area contributed by atoms with Crippen molar-refractivity contribution in [2.24, 2.45) is 5.92 Å². The molecular formula is C19H25N3O2S. The normalized spacial score (nSPS) is 20.6. The molecule has 2 aromatic rings. The van der Waals surface area contributed by atoms with Gasteiger partial charge in [0.2, 0.25) is 5.91 Å². The van der Waals surface area contributed by atoms with Crippen LogP contribution in [0.15, 0.2) is 29.1 Å². The zero-order chi connectivity index (χ0) is 18.0. The molecule has 1 saturated carbocycles. The third kappa shape index (κ3) is 3.68. The van der Waals surface area contributed by atoms with Gasteiger partial charge in [-0.1, -0.05) is 31.9 Å². The quantitative estimate of drug-likeness (QED) is 0.850. The number of amides is 1. The lowest BCUT2D eigenvalue weighted by Crippen LogP contribution is -2.43. The summed E-state index contributed by atoms with van der Waals surface area (Å²) in [6, 6.07) is 7.61. The molecule has 1 aromatic heterocycles. The summed E-state index contributed by atoms with van der Waals surface area (Å²) in [7, 11) is 1.89. The molecule has 134 valence electrons. The first kappa shape index (κ1) is 17.9. The van der Waals surface area contributed by atoms with Gasteiger partial charge in [-0.05, 0) is 43.1 Å². The van der Waals surface area contributed by atoms with Gasteiger partial charge in [0.1, 0.15) is 0 Å². The molecule has 0 unspecified atom stereocenters. The van der Waals surface area contributed by atoms with Crippen molar-refractivity contribution in [3.63, 3.8) is 0 Å². The Bertz CT molecular complexity index is 886. The van der Waals surface area contributed by atoms with Crippen LogP contribution in [0.3, 0.4) is 0 Å². The SMILES string of the molecule is C[C@H]1CCCC[C@H]1N(C)C(=O)CCn1c(=S)[nH]c2ccccc2c1=O. The molecule has 1 aliphatic carbocycles. The first-order chi connectivity index (χ1) is 12.0. The number of nitrogens with zero attached hydrogens (tertiary/aromatic N) is 2. The van der Waals surface area contributed by atoms with Crippen LogP contribution >= 0.6 is 12.2 Å². The minimum absolute atomic E-state index is 0.0770. The van der Waals surface area contributed by atoms with Crippen molar-refractivity contribution < 1.29 is 4.79 Å². The first-order valence-electron chi connectivity index (χ1n) is 8.96. The highest BCUT2D eigenvalue weighted by molar-refractivity contribution is 7.71. The number of benzene rings is 1. The summed E-state index contributed by atoms with van der Waals surface area (Å²) in [5, 5.41) is 0.595. The molecule has 1 aromatic carbocycles. The minimum Gasteiger partial charge on any atom is -0.342 e. The zero-order valence-corrected chi connectivity index (χ0v) is 15.6. The second kappa shape index (κ2) is 7.52. The second-order valence-corrected chi connectivity index (χ2v) is 7.40. The van der Waals surface area contributed by atoms with E-state index in [4.69, 9.17) is 12.2 Å². The standard InChI is InChI=1S/C19H25N3O2S/c1-13-7-3-6-10-16(13)21(2)17(23)11-12-22-18(24)14-8-4-5-9-15(14)20-19(22)25/h4-5,8-9,13,16H,3,6-7,10-12H2,1-2H3,(H,20,25)/t13-,16+/m0/s1. The van der Waals surface area contributed by atoms with Crippen LogP contribution in [0.5, 0.6) is 0 Å². The minimum atomic E-state index is -0.138. The maximum absolute atomic E-state index is 12.6. The number of H-pyrrole nitrogens is 1.